The number of benzene rings is 1. The fraction of sp³-hybridized carbons (Fsp3) is 0. The van der Waals surface area contributed by atoms with E-state index in [0.29, 0.717) is 5.56 Å². The zero-order chi connectivity index (χ0) is 12.4. The molecule has 0 saturated carbocycles. The largest absolute Gasteiger partial charge is 0.289 e. The van der Waals surface area contributed by atoms with Crippen LogP contribution in [0.25, 0.3) is 6.08 Å². The second kappa shape index (κ2) is 7.95. The van der Waals surface area contributed by atoms with Gasteiger partial charge in [0.15, 0.2) is 5.78 Å². The van der Waals surface area contributed by atoms with Crippen LogP contribution in [0.1, 0.15) is 15.9 Å². The van der Waals surface area contributed by atoms with E-state index in [1.54, 1.807) is 18.2 Å². The van der Waals surface area contributed by atoms with E-state index < -0.39 is 0 Å². The zero-order valence-corrected chi connectivity index (χ0v) is 9.02. The topological polar surface area (TPSA) is 40.9 Å². The second-order valence-corrected chi connectivity index (χ2v) is 2.69. The summed E-state index contributed by atoms with van der Waals surface area (Å²) in [4.78, 5) is 11.2. The highest BCUT2D eigenvalue weighted by Gasteiger charge is 2.03. The minimum atomic E-state index is -0.0644. The lowest BCUT2D eigenvalue weighted by molar-refractivity contribution is 0.104. The minimum absolute atomic E-state index is 0.0644. The van der Waals surface area contributed by atoms with Crippen LogP contribution in [-0.4, -0.2) is 5.78 Å². The Bertz CT molecular complexity index is 438. The van der Waals surface area contributed by atoms with Gasteiger partial charge in [0, 0.05) is 11.6 Å². The number of nitrogens with zero attached hydrogens (tertiary/aromatic N) is 1. The highest BCUT2D eigenvalue weighted by Crippen LogP contribution is 2.10. The average Bonchev–Trinajstić information content (AvgIpc) is 2.38. The number of hydrogen-bond donors (Lipinski definition) is 0. The molecule has 0 aliphatic rings. The summed E-state index contributed by atoms with van der Waals surface area (Å²) in [5, 5.41) is 7.51. The third kappa shape index (κ3) is 4.21. The molecule has 0 N–H and O–H groups in total. The molecule has 0 bridgehead atoms. The van der Waals surface area contributed by atoms with Crippen LogP contribution in [0.3, 0.4) is 0 Å². The molecule has 1 rings (SSSR count). The van der Waals surface area contributed by atoms with Crippen LogP contribution in [0.2, 0.25) is 0 Å². The van der Waals surface area contributed by atoms with Gasteiger partial charge in [0.05, 0.1) is 6.07 Å². The number of allylic oxidation sites excluding steroid dienone is 2. The van der Waals surface area contributed by atoms with Gasteiger partial charge < -0.3 is 0 Å². The molecular weight excluding hydrogens is 198 g/mol. The van der Waals surface area contributed by atoms with Crippen LogP contribution in [0, 0.1) is 11.3 Å². The van der Waals surface area contributed by atoms with Crippen molar-refractivity contribution in [2.75, 3.05) is 0 Å². The monoisotopic (exact) mass is 211 g/mol. The van der Waals surface area contributed by atoms with Crippen LogP contribution < -0.4 is 0 Å². The van der Waals surface area contributed by atoms with E-state index in [0.717, 1.165) is 5.56 Å². The van der Waals surface area contributed by atoms with Gasteiger partial charge in [0.25, 0.3) is 0 Å². The van der Waals surface area contributed by atoms with Gasteiger partial charge in [-0.15, -0.1) is 0 Å². The Labute approximate surface area is 95.8 Å². The lowest BCUT2D eigenvalue weighted by atomic mass is 10.0. The standard InChI is InChI=1S/C11H10O.C3H3N/c1-3-9-7-5-6-8-10(9)11(12)4-2;1-2-3-4/h3-8H,1-2H2;2H,1H2. The van der Waals surface area contributed by atoms with E-state index in [1.165, 1.54) is 12.2 Å². The molecule has 0 aliphatic heterocycles. The first-order valence-corrected chi connectivity index (χ1v) is 4.60. The van der Waals surface area contributed by atoms with Crippen molar-refractivity contribution < 1.29 is 4.79 Å². The molecule has 0 atom stereocenters. The van der Waals surface area contributed by atoms with E-state index in [9.17, 15) is 4.79 Å². The van der Waals surface area contributed by atoms with Crippen LogP contribution in [0.5, 0.6) is 0 Å². The predicted octanol–water partition coefficient (Wildman–Crippen LogP) is 3.39. The molecular formula is C14H13NO. The summed E-state index contributed by atoms with van der Waals surface area (Å²) in [7, 11) is 0. The minimum Gasteiger partial charge on any atom is -0.289 e. The summed E-state index contributed by atoms with van der Waals surface area (Å²) in [6, 6.07) is 9.01. The van der Waals surface area contributed by atoms with Gasteiger partial charge in [-0.1, -0.05) is 50.1 Å². The van der Waals surface area contributed by atoms with Crippen molar-refractivity contribution in [3.63, 3.8) is 0 Å². The highest BCUT2D eigenvalue weighted by molar-refractivity contribution is 6.06. The molecule has 1 aromatic carbocycles. The number of rotatable bonds is 3. The Morgan fingerprint density at radius 2 is 1.81 bits per heavy atom. The van der Waals surface area contributed by atoms with E-state index in [-0.39, 0.29) is 5.78 Å². The molecule has 0 radical (unpaired) electrons. The van der Waals surface area contributed by atoms with Gasteiger partial charge in [-0.3, -0.25) is 4.79 Å². The van der Waals surface area contributed by atoms with Crippen molar-refractivity contribution in [1.29, 1.82) is 5.26 Å². The molecule has 0 heterocycles. The number of carbonyl (C=O) groups is 1. The highest BCUT2D eigenvalue weighted by atomic mass is 16.1. The first-order chi connectivity index (χ1) is 7.71. The number of ketones is 1. The van der Waals surface area contributed by atoms with Crippen LogP contribution >= 0.6 is 0 Å². The third-order valence-corrected chi connectivity index (χ3v) is 1.72. The molecule has 2 nitrogen and oxygen atoms in total. The molecule has 0 spiro atoms. The number of carbonyl (C=O) groups excluding carboxylic acids is 1. The summed E-state index contributed by atoms with van der Waals surface area (Å²) in [5.41, 5.74) is 1.50. The van der Waals surface area contributed by atoms with E-state index >= 15 is 0 Å². The quantitative estimate of drug-likeness (QED) is 0.437. The summed E-state index contributed by atoms with van der Waals surface area (Å²) in [6.45, 7) is 10.2. The van der Waals surface area contributed by atoms with Gasteiger partial charge >= 0.3 is 0 Å². The molecule has 0 amide bonds. The predicted molar refractivity (Wildman–Crippen MR) is 66.9 cm³/mol. The van der Waals surface area contributed by atoms with Crippen molar-refractivity contribution in [1.82, 2.24) is 0 Å². The maximum atomic E-state index is 11.2. The fourth-order valence-corrected chi connectivity index (χ4v) is 1.01. The Morgan fingerprint density at radius 3 is 2.25 bits per heavy atom. The zero-order valence-electron chi connectivity index (χ0n) is 9.02. The SMILES string of the molecule is C=CC#N.C=CC(=O)c1ccccc1C=C. The summed E-state index contributed by atoms with van der Waals surface area (Å²) in [6.07, 6.45) is 4.15. The molecule has 0 saturated heterocycles. The summed E-state index contributed by atoms with van der Waals surface area (Å²) in [5.74, 6) is -0.0644. The maximum Gasteiger partial charge on any atom is 0.185 e. The summed E-state index contributed by atoms with van der Waals surface area (Å²) < 4.78 is 0. The van der Waals surface area contributed by atoms with Crippen LogP contribution in [0.4, 0.5) is 0 Å². The van der Waals surface area contributed by atoms with Crippen LogP contribution in [0.15, 0.2) is 56.2 Å². The van der Waals surface area contributed by atoms with Crippen molar-refractivity contribution >= 4 is 11.9 Å². The smallest absolute Gasteiger partial charge is 0.185 e. The van der Waals surface area contributed by atoms with Gasteiger partial charge in [0.2, 0.25) is 0 Å². The Balaban J connectivity index is 0.000000487. The Hall–Kier alpha value is -2.40. The average molecular weight is 211 g/mol. The molecule has 0 aliphatic carbocycles. The molecule has 2 heteroatoms. The Morgan fingerprint density at radius 1 is 1.25 bits per heavy atom. The van der Waals surface area contributed by atoms with E-state index in [1.807, 2.05) is 18.2 Å². The van der Waals surface area contributed by atoms with Gasteiger partial charge in [-0.2, -0.15) is 5.26 Å². The van der Waals surface area contributed by atoms with Crippen LogP contribution in [-0.2, 0) is 0 Å². The van der Waals surface area contributed by atoms with Crippen molar-refractivity contribution in [2.24, 2.45) is 0 Å². The molecule has 16 heavy (non-hydrogen) atoms. The van der Waals surface area contributed by atoms with E-state index in [4.69, 9.17) is 5.26 Å². The van der Waals surface area contributed by atoms with Crippen molar-refractivity contribution in [2.45, 2.75) is 0 Å². The second-order valence-electron chi connectivity index (χ2n) is 2.69. The Kier molecular flexibility index (Phi) is 6.76. The normalized spacial score (nSPS) is 7.69. The molecule has 80 valence electrons. The lowest BCUT2D eigenvalue weighted by Crippen LogP contribution is -1.95. The van der Waals surface area contributed by atoms with Gasteiger partial charge in [-0.05, 0) is 11.6 Å². The van der Waals surface area contributed by atoms with E-state index in [2.05, 4.69) is 19.7 Å². The van der Waals surface area contributed by atoms with Crippen molar-refractivity contribution in [3.05, 3.63) is 67.3 Å². The van der Waals surface area contributed by atoms with Crippen molar-refractivity contribution in [3.8, 4) is 6.07 Å². The first-order valence-electron chi connectivity index (χ1n) is 4.60. The molecule has 0 unspecified atom stereocenters. The molecule has 0 fully saturated rings. The molecule has 0 aromatic heterocycles. The lowest BCUT2D eigenvalue weighted by Gasteiger charge is -1.99. The first kappa shape index (κ1) is 13.6. The fourth-order valence-electron chi connectivity index (χ4n) is 1.01. The summed E-state index contributed by atoms with van der Waals surface area (Å²) >= 11 is 0. The molecule has 1 aromatic rings. The third-order valence-electron chi connectivity index (χ3n) is 1.72. The van der Waals surface area contributed by atoms with Gasteiger partial charge in [-0.25, -0.2) is 0 Å². The van der Waals surface area contributed by atoms with Gasteiger partial charge in [0.1, 0.15) is 0 Å². The number of nitriles is 1. The number of hydrogen-bond acceptors (Lipinski definition) is 2. The maximum absolute atomic E-state index is 11.2.